The minimum Gasteiger partial charge on any atom is -0.462 e. The Morgan fingerprint density at radius 2 is 2.14 bits per heavy atom. The van der Waals surface area contributed by atoms with Crippen molar-refractivity contribution in [3.05, 3.63) is 41.6 Å². The van der Waals surface area contributed by atoms with Crippen LogP contribution in [0.15, 0.2) is 36.5 Å². The molecule has 1 amide bonds. The molecule has 0 fully saturated rings. The standard InChI is InChI=1S/C15H18ClN3O3/c1-11(14(20)17-8-9-21-2)22-15-13(16)10-19(18-15)12-6-4-3-5-7-12/h3-7,10-11H,8-9H2,1-2H3,(H,17,20)/t11-/m1/s1. The Bertz CT molecular complexity index is 616. The van der Waals surface area contributed by atoms with E-state index in [1.165, 1.54) is 0 Å². The molecular weight excluding hydrogens is 306 g/mol. The van der Waals surface area contributed by atoms with E-state index in [2.05, 4.69) is 10.4 Å². The lowest BCUT2D eigenvalue weighted by molar-refractivity contribution is -0.127. The van der Waals surface area contributed by atoms with Crippen molar-refractivity contribution in [2.75, 3.05) is 20.3 Å². The Morgan fingerprint density at radius 3 is 2.82 bits per heavy atom. The third-order valence-corrected chi connectivity index (χ3v) is 3.18. The first-order valence-electron chi connectivity index (χ1n) is 6.85. The Labute approximate surface area is 134 Å². The molecule has 2 aromatic rings. The number of nitrogens with one attached hydrogen (secondary N) is 1. The highest BCUT2D eigenvalue weighted by molar-refractivity contribution is 6.31. The Hall–Kier alpha value is -2.05. The number of carbonyl (C=O) groups excluding carboxylic acids is 1. The molecule has 1 aromatic heterocycles. The molecule has 0 aliphatic carbocycles. The van der Waals surface area contributed by atoms with Gasteiger partial charge in [0.2, 0.25) is 0 Å². The van der Waals surface area contributed by atoms with Gasteiger partial charge in [0.1, 0.15) is 5.02 Å². The highest BCUT2D eigenvalue weighted by Crippen LogP contribution is 2.24. The van der Waals surface area contributed by atoms with Crippen LogP contribution in [0.2, 0.25) is 5.02 Å². The second kappa shape index (κ2) is 7.82. The Kier molecular flexibility index (Phi) is 5.80. The molecule has 0 saturated heterocycles. The minimum absolute atomic E-state index is 0.222. The van der Waals surface area contributed by atoms with Crippen LogP contribution < -0.4 is 10.1 Å². The van der Waals surface area contributed by atoms with Crippen LogP contribution in [0.5, 0.6) is 5.88 Å². The molecule has 6 nitrogen and oxygen atoms in total. The smallest absolute Gasteiger partial charge is 0.260 e. The highest BCUT2D eigenvalue weighted by atomic mass is 35.5. The number of para-hydroxylation sites is 1. The Morgan fingerprint density at radius 1 is 1.41 bits per heavy atom. The van der Waals surface area contributed by atoms with Gasteiger partial charge in [0.05, 0.1) is 18.5 Å². The van der Waals surface area contributed by atoms with E-state index in [-0.39, 0.29) is 11.8 Å². The van der Waals surface area contributed by atoms with Crippen LogP contribution in [-0.2, 0) is 9.53 Å². The molecule has 22 heavy (non-hydrogen) atoms. The van der Waals surface area contributed by atoms with Crippen molar-refractivity contribution in [2.24, 2.45) is 0 Å². The summed E-state index contributed by atoms with van der Waals surface area (Å²) in [5.41, 5.74) is 0.858. The predicted octanol–water partition coefficient (Wildman–Crippen LogP) is 2.06. The number of carbonyl (C=O) groups is 1. The summed E-state index contributed by atoms with van der Waals surface area (Å²) in [4.78, 5) is 11.8. The summed E-state index contributed by atoms with van der Waals surface area (Å²) in [7, 11) is 1.57. The second-order valence-corrected chi connectivity index (χ2v) is 5.01. The third-order valence-electron chi connectivity index (χ3n) is 2.92. The third kappa shape index (κ3) is 4.22. The van der Waals surface area contributed by atoms with Crippen LogP contribution in [0.1, 0.15) is 6.92 Å². The first-order chi connectivity index (χ1) is 10.6. The topological polar surface area (TPSA) is 65.4 Å². The predicted molar refractivity (Wildman–Crippen MR) is 83.5 cm³/mol. The monoisotopic (exact) mass is 323 g/mol. The lowest BCUT2D eigenvalue weighted by Crippen LogP contribution is -2.38. The molecule has 0 radical (unpaired) electrons. The molecular formula is C15H18ClN3O3. The van der Waals surface area contributed by atoms with E-state index in [0.29, 0.717) is 18.2 Å². The fraction of sp³-hybridized carbons (Fsp3) is 0.333. The molecule has 1 aromatic carbocycles. The number of benzene rings is 1. The summed E-state index contributed by atoms with van der Waals surface area (Å²) in [5, 5.41) is 7.30. The van der Waals surface area contributed by atoms with E-state index in [0.717, 1.165) is 5.69 Å². The van der Waals surface area contributed by atoms with Gasteiger partial charge in [-0.25, -0.2) is 4.68 Å². The van der Waals surface area contributed by atoms with Crippen molar-refractivity contribution in [2.45, 2.75) is 13.0 Å². The molecule has 0 saturated carbocycles. The maximum absolute atomic E-state index is 11.8. The lowest BCUT2D eigenvalue weighted by atomic mass is 10.3. The number of rotatable bonds is 7. The number of aromatic nitrogens is 2. The molecule has 1 heterocycles. The van der Waals surface area contributed by atoms with Gasteiger partial charge in [0.15, 0.2) is 6.10 Å². The van der Waals surface area contributed by atoms with Gasteiger partial charge in [-0.3, -0.25) is 4.79 Å². The summed E-state index contributed by atoms with van der Waals surface area (Å²) in [6.45, 7) is 2.51. The summed E-state index contributed by atoms with van der Waals surface area (Å²) >= 11 is 6.11. The number of hydrogen-bond acceptors (Lipinski definition) is 4. The van der Waals surface area contributed by atoms with E-state index in [1.807, 2.05) is 30.3 Å². The van der Waals surface area contributed by atoms with Crippen molar-refractivity contribution in [3.8, 4) is 11.6 Å². The lowest BCUT2D eigenvalue weighted by Gasteiger charge is -2.12. The van der Waals surface area contributed by atoms with Gasteiger partial charge in [-0.1, -0.05) is 29.8 Å². The number of ether oxygens (including phenoxy) is 2. The second-order valence-electron chi connectivity index (χ2n) is 4.61. The average molecular weight is 324 g/mol. The van der Waals surface area contributed by atoms with Gasteiger partial charge in [0, 0.05) is 13.7 Å². The van der Waals surface area contributed by atoms with Crippen LogP contribution in [0, 0.1) is 0 Å². The molecule has 118 valence electrons. The molecule has 1 N–H and O–H groups in total. The fourth-order valence-electron chi connectivity index (χ4n) is 1.77. The maximum Gasteiger partial charge on any atom is 0.260 e. The van der Waals surface area contributed by atoms with Gasteiger partial charge >= 0.3 is 0 Å². The van der Waals surface area contributed by atoms with E-state index in [9.17, 15) is 4.79 Å². The summed E-state index contributed by atoms with van der Waals surface area (Å²) in [6, 6.07) is 9.51. The zero-order valence-corrected chi connectivity index (χ0v) is 13.2. The van der Waals surface area contributed by atoms with E-state index in [4.69, 9.17) is 21.1 Å². The van der Waals surface area contributed by atoms with Gasteiger partial charge in [-0.15, -0.1) is 5.10 Å². The van der Waals surface area contributed by atoms with Crippen LogP contribution in [0.25, 0.3) is 5.69 Å². The van der Waals surface area contributed by atoms with Crippen molar-refractivity contribution in [1.29, 1.82) is 0 Å². The number of nitrogens with zero attached hydrogens (tertiary/aromatic N) is 2. The van der Waals surface area contributed by atoms with Crippen molar-refractivity contribution < 1.29 is 14.3 Å². The SMILES string of the molecule is COCCNC(=O)[C@@H](C)Oc1nn(-c2ccccc2)cc1Cl. The van der Waals surface area contributed by atoms with Gasteiger partial charge in [0.25, 0.3) is 11.8 Å². The molecule has 1 atom stereocenters. The van der Waals surface area contributed by atoms with Crippen molar-refractivity contribution in [1.82, 2.24) is 15.1 Å². The summed E-state index contributed by atoms with van der Waals surface area (Å²) in [5.74, 6) is -0.0257. The van der Waals surface area contributed by atoms with E-state index in [1.54, 1.807) is 24.9 Å². The van der Waals surface area contributed by atoms with E-state index < -0.39 is 6.10 Å². The Balaban J connectivity index is 2.01. The van der Waals surface area contributed by atoms with Crippen molar-refractivity contribution >= 4 is 17.5 Å². The number of hydrogen-bond donors (Lipinski definition) is 1. The van der Waals surface area contributed by atoms with Gasteiger partial charge < -0.3 is 14.8 Å². The van der Waals surface area contributed by atoms with Crippen LogP contribution in [0.4, 0.5) is 0 Å². The number of halogens is 1. The molecule has 0 unspecified atom stereocenters. The number of amides is 1. The van der Waals surface area contributed by atoms with Gasteiger partial charge in [-0.2, -0.15) is 0 Å². The zero-order valence-electron chi connectivity index (χ0n) is 12.5. The number of methoxy groups -OCH3 is 1. The van der Waals surface area contributed by atoms with Crippen molar-refractivity contribution in [3.63, 3.8) is 0 Å². The largest absolute Gasteiger partial charge is 0.462 e. The average Bonchev–Trinajstić information content (AvgIpc) is 2.89. The van der Waals surface area contributed by atoms with E-state index >= 15 is 0 Å². The van der Waals surface area contributed by atoms with Gasteiger partial charge in [-0.05, 0) is 19.1 Å². The quantitative estimate of drug-likeness (QED) is 0.792. The van der Waals surface area contributed by atoms with Crippen LogP contribution >= 0.6 is 11.6 Å². The minimum atomic E-state index is -0.700. The zero-order chi connectivity index (χ0) is 15.9. The molecule has 0 bridgehead atoms. The maximum atomic E-state index is 11.8. The first-order valence-corrected chi connectivity index (χ1v) is 7.23. The molecule has 2 rings (SSSR count). The molecule has 0 aliphatic rings. The highest BCUT2D eigenvalue weighted by Gasteiger charge is 2.18. The van der Waals surface area contributed by atoms with Crippen LogP contribution in [0.3, 0.4) is 0 Å². The van der Waals surface area contributed by atoms with Crippen LogP contribution in [-0.4, -0.2) is 42.1 Å². The summed E-state index contributed by atoms with van der Waals surface area (Å²) in [6.07, 6.45) is 0.940. The molecule has 0 aliphatic heterocycles. The normalized spacial score (nSPS) is 12.0. The summed E-state index contributed by atoms with van der Waals surface area (Å²) < 4.78 is 12.0. The fourth-order valence-corrected chi connectivity index (χ4v) is 1.95. The molecule has 0 spiro atoms. The first kappa shape index (κ1) is 16.3. The molecule has 7 heteroatoms.